The maximum atomic E-state index is 13.0. The first-order valence-electron chi connectivity index (χ1n) is 4.51. The van der Waals surface area contributed by atoms with Gasteiger partial charge >= 0.3 is 0 Å². The molecule has 0 fully saturated rings. The highest BCUT2D eigenvalue weighted by Crippen LogP contribution is 2.19. The first-order valence-corrected chi connectivity index (χ1v) is 4.51. The van der Waals surface area contributed by atoms with Crippen LogP contribution in [-0.2, 0) is 0 Å². The summed E-state index contributed by atoms with van der Waals surface area (Å²) in [6.45, 7) is 5.96. The molecule has 2 aromatic rings. The molecule has 1 heterocycles. The van der Waals surface area contributed by atoms with E-state index in [1.165, 1.54) is 6.07 Å². The Morgan fingerprint density at radius 2 is 1.92 bits per heavy atom. The molecule has 1 nitrogen and oxygen atoms in total. The molecule has 0 atom stereocenters. The second kappa shape index (κ2) is 4.08. The molecule has 0 saturated heterocycles. The fraction of sp³-hybridized carbons (Fsp3) is 0.273. The van der Waals surface area contributed by atoms with Gasteiger partial charge in [-0.25, -0.2) is 4.39 Å². The second-order valence-electron chi connectivity index (χ2n) is 2.63. The zero-order chi connectivity index (χ0) is 9.84. The molecule has 0 radical (unpaired) electrons. The van der Waals surface area contributed by atoms with Gasteiger partial charge in [-0.2, -0.15) is 0 Å². The van der Waals surface area contributed by atoms with E-state index in [2.05, 4.69) is 4.98 Å². The molecule has 0 aliphatic carbocycles. The third-order valence-corrected chi connectivity index (χ3v) is 1.87. The Kier molecular flexibility index (Phi) is 3.07. The quantitative estimate of drug-likeness (QED) is 0.635. The number of fused-ring (bicyclic) bond motifs is 1. The number of hydrogen-bond donors (Lipinski definition) is 1. The van der Waals surface area contributed by atoms with Gasteiger partial charge in [-0.1, -0.05) is 26.0 Å². The van der Waals surface area contributed by atoms with Crippen molar-refractivity contribution in [3.05, 3.63) is 35.8 Å². The highest BCUT2D eigenvalue weighted by atomic mass is 19.1. The van der Waals surface area contributed by atoms with Crippen molar-refractivity contribution in [2.45, 2.75) is 20.8 Å². The van der Waals surface area contributed by atoms with Crippen LogP contribution < -0.4 is 0 Å². The van der Waals surface area contributed by atoms with Crippen LogP contribution in [0.15, 0.2) is 24.4 Å². The molecule has 13 heavy (non-hydrogen) atoms. The molecule has 0 spiro atoms. The van der Waals surface area contributed by atoms with E-state index < -0.39 is 0 Å². The Labute approximate surface area is 77.6 Å². The molecule has 2 rings (SSSR count). The van der Waals surface area contributed by atoms with Crippen LogP contribution in [0.25, 0.3) is 10.9 Å². The van der Waals surface area contributed by atoms with Crippen molar-refractivity contribution < 1.29 is 4.39 Å². The summed E-state index contributed by atoms with van der Waals surface area (Å²) in [5.74, 6) is -0.185. The number of halogens is 1. The topological polar surface area (TPSA) is 15.8 Å². The van der Waals surface area contributed by atoms with Crippen molar-refractivity contribution in [3.63, 3.8) is 0 Å². The van der Waals surface area contributed by atoms with Crippen molar-refractivity contribution in [1.29, 1.82) is 0 Å². The summed E-state index contributed by atoms with van der Waals surface area (Å²) in [6, 6.07) is 5.08. The molecule has 70 valence electrons. The van der Waals surface area contributed by atoms with E-state index in [4.69, 9.17) is 0 Å². The van der Waals surface area contributed by atoms with Gasteiger partial charge in [-0.3, -0.25) is 0 Å². The number of benzene rings is 1. The number of aryl methyl sites for hydroxylation is 1. The van der Waals surface area contributed by atoms with E-state index in [1.54, 1.807) is 6.07 Å². The fourth-order valence-corrected chi connectivity index (χ4v) is 1.26. The average molecular weight is 179 g/mol. The van der Waals surface area contributed by atoms with E-state index >= 15 is 0 Å². The molecule has 1 N–H and O–H groups in total. The molecule has 0 saturated carbocycles. The van der Waals surface area contributed by atoms with Crippen LogP contribution in [0, 0.1) is 12.7 Å². The van der Waals surface area contributed by atoms with Crippen LogP contribution in [0.2, 0.25) is 0 Å². The van der Waals surface area contributed by atoms with Gasteiger partial charge in [0.15, 0.2) is 0 Å². The Balaban J connectivity index is 0.000000396. The molecule has 0 amide bonds. The summed E-state index contributed by atoms with van der Waals surface area (Å²) in [5.41, 5.74) is 1.68. The van der Waals surface area contributed by atoms with Gasteiger partial charge in [0, 0.05) is 11.6 Å². The molecular formula is C11H14FN. The van der Waals surface area contributed by atoms with E-state index in [9.17, 15) is 4.39 Å². The zero-order valence-corrected chi connectivity index (χ0v) is 8.19. The number of para-hydroxylation sites is 1. The van der Waals surface area contributed by atoms with Crippen molar-refractivity contribution >= 4 is 10.9 Å². The predicted octanol–water partition coefficient (Wildman–Crippen LogP) is 3.64. The number of rotatable bonds is 0. The molecule has 0 unspecified atom stereocenters. The van der Waals surface area contributed by atoms with E-state index in [0.717, 1.165) is 10.9 Å². The summed E-state index contributed by atoms with van der Waals surface area (Å²) in [4.78, 5) is 2.88. The summed E-state index contributed by atoms with van der Waals surface area (Å²) in [7, 11) is 0. The van der Waals surface area contributed by atoms with E-state index in [1.807, 2.05) is 33.0 Å². The minimum absolute atomic E-state index is 0.185. The Hall–Kier alpha value is -1.31. The summed E-state index contributed by atoms with van der Waals surface area (Å²) < 4.78 is 13.0. The lowest BCUT2D eigenvalue weighted by Crippen LogP contribution is -1.75. The number of hydrogen-bond acceptors (Lipinski definition) is 0. The van der Waals surface area contributed by atoms with Gasteiger partial charge in [0.1, 0.15) is 5.82 Å². The van der Waals surface area contributed by atoms with Crippen molar-refractivity contribution in [3.8, 4) is 0 Å². The largest absolute Gasteiger partial charge is 0.359 e. The monoisotopic (exact) mass is 179 g/mol. The molecule has 1 aromatic heterocycles. The van der Waals surface area contributed by atoms with Crippen LogP contribution in [0.3, 0.4) is 0 Å². The maximum absolute atomic E-state index is 13.0. The fourth-order valence-electron chi connectivity index (χ4n) is 1.26. The number of aromatic nitrogens is 1. The van der Waals surface area contributed by atoms with Crippen molar-refractivity contribution in [2.24, 2.45) is 0 Å². The minimum Gasteiger partial charge on any atom is -0.359 e. The smallest absolute Gasteiger partial charge is 0.147 e. The summed E-state index contributed by atoms with van der Waals surface area (Å²) >= 11 is 0. The van der Waals surface area contributed by atoms with Gasteiger partial charge in [-0.05, 0) is 18.6 Å². The minimum atomic E-state index is -0.185. The standard InChI is InChI=1S/C9H8FN.C2H6/c1-6-5-11-9-7(6)3-2-4-8(9)10;1-2/h2-5,11H,1H3;1-2H3. The number of aromatic amines is 1. The van der Waals surface area contributed by atoms with Gasteiger partial charge in [0.25, 0.3) is 0 Å². The zero-order valence-electron chi connectivity index (χ0n) is 8.19. The van der Waals surface area contributed by atoms with Crippen molar-refractivity contribution in [1.82, 2.24) is 4.98 Å². The molecule has 0 aliphatic rings. The number of nitrogens with one attached hydrogen (secondary N) is 1. The second-order valence-corrected chi connectivity index (χ2v) is 2.63. The molecule has 2 heteroatoms. The lowest BCUT2D eigenvalue weighted by atomic mass is 10.2. The molecule has 0 aliphatic heterocycles. The molecular weight excluding hydrogens is 165 g/mol. The van der Waals surface area contributed by atoms with Gasteiger partial charge < -0.3 is 4.98 Å². The van der Waals surface area contributed by atoms with E-state index in [0.29, 0.717) is 5.52 Å². The summed E-state index contributed by atoms with van der Waals surface area (Å²) in [5, 5.41) is 0.963. The Morgan fingerprint density at radius 3 is 2.54 bits per heavy atom. The first kappa shape index (κ1) is 9.78. The Morgan fingerprint density at radius 1 is 1.23 bits per heavy atom. The van der Waals surface area contributed by atoms with Crippen LogP contribution in [-0.4, -0.2) is 4.98 Å². The van der Waals surface area contributed by atoms with Crippen LogP contribution in [0.5, 0.6) is 0 Å². The third-order valence-electron chi connectivity index (χ3n) is 1.87. The highest BCUT2D eigenvalue weighted by molar-refractivity contribution is 5.83. The van der Waals surface area contributed by atoms with Crippen LogP contribution >= 0.6 is 0 Å². The number of H-pyrrole nitrogens is 1. The maximum Gasteiger partial charge on any atom is 0.147 e. The lowest BCUT2D eigenvalue weighted by molar-refractivity contribution is 0.637. The average Bonchev–Trinajstić information content (AvgIpc) is 2.53. The third kappa shape index (κ3) is 1.72. The highest BCUT2D eigenvalue weighted by Gasteiger charge is 2.02. The first-order chi connectivity index (χ1) is 6.29. The van der Waals surface area contributed by atoms with Crippen LogP contribution in [0.1, 0.15) is 19.4 Å². The SMILES string of the molecule is CC.Cc1c[nH]c2c(F)cccc12. The predicted molar refractivity (Wildman–Crippen MR) is 54.3 cm³/mol. The van der Waals surface area contributed by atoms with Crippen LogP contribution in [0.4, 0.5) is 4.39 Å². The normalized spacial score (nSPS) is 9.54. The van der Waals surface area contributed by atoms with Gasteiger partial charge in [0.2, 0.25) is 0 Å². The molecule has 1 aromatic carbocycles. The van der Waals surface area contributed by atoms with E-state index in [-0.39, 0.29) is 5.82 Å². The van der Waals surface area contributed by atoms with Gasteiger partial charge in [-0.15, -0.1) is 0 Å². The molecule has 0 bridgehead atoms. The van der Waals surface area contributed by atoms with Gasteiger partial charge in [0.05, 0.1) is 5.52 Å². The summed E-state index contributed by atoms with van der Waals surface area (Å²) in [6.07, 6.45) is 1.81. The lowest BCUT2D eigenvalue weighted by Gasteiger charge is -1.90. The Bertz CT molecular complexity index is 390. The van der Waals surface area contributed by atoms with Crippen molar-refractivity contribution in [2.75, 3.05) is 0 Å².